The van der Waals surface area contributed by atoms with Crippen molar-refractivity contribution < 1.29 is 14.3 Å². The number of carbonyl (C=O) groups is 2. The maximum Gasteiger partial charge on any atom is 0.268 e. The van der Waals surface area contributed by atoms with Crippen molar-refractivity contribution in [3.8, 4) is 0 Å². The molecule has 68 valence electrons. The van der Waals surface area contributed by atoms with Gasteiger partial charge in [0.2, 0.25) is 5.91 Å². The molecular weight excluding hydrogens is 178 g/mol. The zero-order valence-electron chi connectivity index (χ0n) is 6.98. The molecule has 1 heterocycles. The molecule has 1 unspecified atom stereocenters. The standard InChI is InChI=1S/C7H11NO3S/c1-4(2)11-5-3-6(9)8(12)7(5)10/h4-5,12H,3H2,1-2H3. The second kappa shape index (κ2) is 3.45. The monoisotopic (exact) mass is 189 g/mol. The van der Waals surface area contributed by atoms with E-state index in [-0.39, 0.29) is 24.3 Å². The third-order valence-electron chi connectivity index (χ3n) is 1.52. The Labute approximate surface area is 76.4 Å². The van der Waals surface area contributed by atoms with Gasteiger partial charge in [0, 0.05) is 0 Å². The Kier molecular flexibility index (Phi) is 2.74. The molecule has 5 heteroatoms. The highest BCUT2D eigenvalue weighted by Gasteiger charge is 2.38. The lowest BCUT2D eigenvalue weighted by Gasteiger charge is -2.11. The Morgan fingerprint density at radius 2 is 2.17 bits per heavy atom. The number of rotatable bonds is 2. The van der Waals surface area contributed by atoms with Crippen molar-refractivity contribution >= 4 is 24.6 Å². The summed E-state index contributed by atoms with van der Waals surface area (Å²) in [5, 5.41) is 0. The SMILES string of the molecule is CC(C)OC1CC(=O)N(S)C1=O. The predicted octanol–water partition coefficient (Wildman–Crippen LogP) is 0.384. The molecule has 0 N–H and O–H groups in total. The highest BCUT2D eigenvalue weighted by molar-refractivity contribution is 7.79. The molecule has 1 aliphatic heterocycles. The highest BCUT2D eigenvalue weighted by atomic mass is 32.1. The van der Waals surface area contributed by atoms with Crippen LogP contribution >= 0.6 is 12.8 Å². The molecule has 0 aromatic rings. The van der Waals surface area contributed by atoms with E-state index in [1.807, 2.05) is 13.8 Å². The van der Waals surface area contributed by atoms with Gasteiger partial charge in [-0.15, -0.1) is 0 Å². The number of carbonyl (C=O) groups excluding carboxylic acids is 2. The van der Waals surface area contributed by atoms with Crippen LogP contribution in [0.15, 0.2) is 0 Å². The fraction of sp³-hybridized carbons (Fsp3) is 0.714. The van der Waals surface area contributed by atoms with E-state index < -0.39 is 6.10 Å². The molecule has 4 nitrogen and oxygen atoms in total. The zero-order valence-corrected chi connectivity index (χ0v) is 7.88. The third kappa shape index (κ3) is 1.78. The molecule has 2 amide bonds. The fourth-order valence-electron chi connectivity index (χ4n) is 1.03. The molecule has 1 atom stereocenters. The lowest BCUT2D eigenvalue weighted by atomic mass is 10.3. The van der Waals surface area contributed by atoms with E-state index in [2.05, 4.69) is 12.8 Å². The average Bonchev–Trinajstić information content (AvgIpc) is 2.17. The fourth-order valence-corrected chi connectivity index (χ4v) is 1.24. The molecule has 12 heavy (non-hydrogen) atoms. The van der Waals surface area contributed by atoms with Crippen LogP contribution in [0.3, 0.4) is 0 Å². The quantitative estimate of drug-likeness (QED) is 0.504. The van der Waals surface area contributed by atoms with Crippen molar-refractivity contribution in [1.82, 2.24) is 4.31 Å². The molecule has 0 aliphatic carbocycles. The van der Waals surface area contributed by atoms with Gasteiger partial charge >= 0.3 is 0 Å². The van der Waals surface area contributed by atoms with E-state index in [0.29, 0.717) is 0 Å². The van der Waals surface area contributed by atoms with Gasteiger partial charge in [0.1, 0.15) is 6.10 Å². The number of hydrogen-bond donors (Lipinski definition) is 1. The summed E-state index contributed by atoms with van der Waals surface area (Å²) in [5.74, 6) is -0.661. The second-order valence-corrected chi connectivity index (χ2v) is 3.32. The summed E-state index contributed by atoms with van der Waals surface area (Å²) in [7, 11) is 0. The van der Waals surface area contributed by atoms with Crippen LogP contribution in [-0.2, 0) is 14.3 Å². The topological polar surface area (TPSA) is 46.6 Å². The van der Waals surface area contributed by atoms with Crippen LogP contribution in [0.1, 0.15) is 20.3 Å². The lowest BCUT2D eigenvalue weighted by Crippen LogP contribution is -2.27. The number of amides is 2. The normalized spacial score (nSPS) is 24.3. The summed E-state index contributed by atoms with van der Waals surface area (Å²) >= 11 is 3.72. The first kappa shape index (κ1) is 9.54. The van der Waals surface area contributed by atoms with Crippen LogP contribution in [0.25, 0.3) is 0 Å². The molecule has 0 spiro atoms. The third-order valence-corrected chi connectivity index (χ3v) is 1.94. The van der Waals surface area contributed by atoms with Crippen LogP contribution in [0, 0.1) is 0 Å². The van der Waals surface area contributed by atoms with Crippen LogP contribution in [0.4, 0.5) is 0 Å². The molecule has 0 aromatic carbocycles. The Morgan fingerprint density at radius 3 is 2.50 bits per heavy atom. The molecule has 1 aliphatic rings. The summed E-state index contributed by atoms with van der Waals surface area (Å²) in [4.78, 5) is 22.1. The molecule has 0 saturated carbocycles. The first-order valence-electron chi connectivity index (χ1n) is 3.73. The minimum absolute atomic E-state index is 0.0495. The predicted molar refractivity (Wildman–Crippen MR) is 45.5 cm³/mol. The van der Waals surface area contributed by atoms with Crippen molar-refractivity contribution in [1.29, 1.82) is 0 Å². The van der Waals surface area contributed by atoms with E-state index >= 15 is 0 Å². The van der Waals surface area contributed by atoms with E-state index in [9.17, 15) is 9.59 Å². The summed E-state index contributed by atoms with van der Waals surface area (Å²) in [5.41, 5.74) is 0. The molecule has 0 aromatic heterocycles. The lowest BCUT2D eigenvalue weighted by molar-refractivity contribution is -0.137. The number of ether oxygens (including phenoxy) is 1. The zero-order chi connectivity index (χ0) is 9.30. The Hall–Kier alpha value is -0.550. The van der Waals surface area contributed by atoms with Crippen LogP contribution in [0.2, 0.25) is 0 Å². The summed E-state index contributed by atoms with van der Waals surface area (Å²) in [6.07, 6.45) is -0.567. The van der Waals surface area contributed by atoms with E-state index in [1.54, 1.807) is 0 Å². The smallest absolute Gasteiger partial charge is 0.268 e. The minimum Gasteiger partial charge on any atom is -0.365 e. The van der Waals surface area contributed by atoms with Crippen molar-refractivity contribution in [2.75, 3.05) is 0 Å². The first-order valence-corrected chi connectivity index (χ1v) is 4.13. The molecule has 1 fully saturated rings. The van der Waals surface area contributed by atoms with Gasteiger partial charge in [0.25, 0.3) is 5.91 Å². The Morgan fingerprint density at radius 1 is 1.58 bits per heavy atom. The maximum atomic E-state index is 11.2. The minimum atomic E-state index is -0.630. The Bertz CT molecular complexity index is 217. The van der Waals surface area contributed by atoms with Crippen LogP contribution < -0.4 is 0 Å². The molecule has 0 radical (unpaired) electrons. The van der Waals surface area contributed by atoms with Crippen molar-refractivity contribution in [3.63, 3.8) is 0 Å². The highest BCUT2D eigenvalue weighted by Crippen LogP contribution is 2.18. The van der Waals surface area contributed by atoms with Gasteiger partial charge in [-0.25, -0.2) is 4.31 Å². The van der Waals surface area contributed by atoms with Gasteiger partial charge in [-0.1, -0.05) is 12.8 Å². The van der Waals surface area contributed by atoms with Gasteiger partial charge in [-0.3, -0.25) is 9.59 Å². The van der Waals surface area contributed by atoms with E-state index in [1.165, 1.54) is 0 Å². The average molecular weight is 189 g/mol. The van der Waals surface area contributed by atoms with Gasteiger partial charge < -0.3 is 4.74 Å². The van der Waals surface area contributed by atoms with Gasteiger partial charge in [0.15, 0.2) is 0 Å². The maximum absolute atomic E-state index is 11.2. The number of imide groups is 1. The number of nitrogens with zero attached hydrogens (tertiary/aromatic N) is 1. The second-order valence-electron chi connectivity index (χ2n) is 2.92. The molecule has 0 bridgehead atoms. The molecular formula is C7H11NO3S. The largest absolute Gasteiger partial charge is 0.365 e. The van der Waals surface area contributed by atoms with Gasteiger partial charge in [-0.05, 0) is 13.8 Å². The number of hydrogen-bond acceptors (Lipinski definition) is 4. The summed E-state index contributed by atoms with van der Waals surface area (Å²) < 4.78 is 6.02. The van der Waals surface area contributed by atoms with E-state index in [4.69, 9.17) is 4.74 Å². The summed E-state index contributed by atoms with van der Waals surface area (Å²) in [6, 6.07) is 0. The Balaban J connectivity index is 2.59. The van der Waals surface area contributed by atoms with Crippen molar-refractivity contribution in [2.24, 2.45) is 0 Å². The molecule has 1 saturated heterocycles. The van der Waals surface area contributed by atoms with Crippen LogP contribution in [0.5, 0.6) is 0 Å². The molecule has 1 rings (SSSR count). The number of thiol groups is 1. The summed E-state index contributed by atoms with van der Waals surface area (Å²) in [6.45, 7) is 3.64. The van der Waals surface area contributed by atoms with E-state index in [0.717, 1.165) is 4.31 Å². The van der Waals surface area contributed by atoms with Gasteiger partial charge in [-0.2, -0.15) is 0 Å². The first-order chi connectivity index (χ1) is 5.52. The van der Waals surface area contributed by atoms with Crippen molar-refractivity contribution in [2.45, 2.75) is 32.5 Å². The van der Waals surface area contributed by atoms with Crippen LogP contribution in [-0.4, -0.2) is 28.3 Å². The van der Waals surface area contributed by atoms with Crippen molar-refractivity contribution in [3.05, 3.63) is 0 Å². The van der Waals surface area contributed by atoms with Gasteiger partial charge in [0.05, 0.1) is 12.5 Å².